The van der Waals surface area contributed by atoms with E-state index in [1.165, 1.54) is 0 Å². The molecule has 4 unspecified atom stereocenters. The molecule has 0 bridgehead atoms. The van der Waals surface area contributed by atoms with E-state index in [0.29, 0.717) is 19.3 Å². The van der Waals surface area contributed by atoms with Crippen molar-refractivity contribution >= 4 is 0 Å². The lowest BCUT2D eigenvalue weighted by atomic mass is 10.0. The van der Waals surface area contributed by atoms with Gasteiger partial charge in [-0.15, -0.1) is 0 Å². The molecule has 0 spiro atoms. The molecule has 0 aromatic carbocycles. The molecule has 0 aromatic rings. The third-order valence-electron chi connectivity index (χ3n) is 2.45. The fraction of sp³-hybridized carbons (Fsp3) is 1.00. The van der Waals surface area contributed by atoms with Crippen LogP contribution in [0.5, 0.6) is 0 Å². The molecule has 0 amide bonds. The average molecular weight is 222 g/mol. The Bertz CT molecular complexity index is 153. The number of hydrogen-bond donors (Lipinski definition) is 5. The third-order valence-corrected chi connectivity index (χ3v) is 2.45. The zero-order valence-corrected chi connectivity index (χ0v) is 9.08. The predicted molar refractivity (Wildman–Crippen MR) is 55.3 cm³/mol. The van der Waals surface area contributed by atoms with Crippen LogP contribution >= 0.6 is 0 Å². The van der Waals surface area contributed by atoms with Crippen molar-refractivity contribution in [1.82, 2.24) is 0 Å². The molecule has 0 radical (unpaired) electrons. The molecule has 4 atom stereocenters. The van der Waals surface area contributed by atoms with Crippen molar-refractivity contribution in [1.29, 1.82) is 0 Å². The molecule has 0 heterocycles. The van der Waals surface area contributed by atoms with Gasteiger partial charge in [-0.3, -0.25) is 0 Å². The van der Waals surface area contributed by atoms with Crippen molar-refractivity contribution in [2.75, 3.05) is 6.61 Å². The van der Waals surface area contributed by atoms with Crippen LogP contribution in [0.15, 0.2) is 0 Å². The molecular formula is C10H22O5. The van der Waals surface area contributed by atoms with Crippen LogP contribution in [0.1, 0.15) is 32.6 Å². The summed E-state index contributed by atoms with van der Waals surface area (Å²) in [4.78, 5) is 0. The largest absolute Gasteiger partial charge is 0.394 e. The van der Waals surface area contributed by atoms with Crippen molar-refractivity contribution < 1.29 is 25.5 Å². The van der Waals surface area contributed by atoms with Crippen LogP contribution in [0.4, 0.5) is 0 Å². The quantitative estimate of drug-likeness (QED) is 0.363. The highest BCUT2D eigenvalue weighted by molar-refractivity contribution is 4.71. The van der Waals surface area contributed by atoms with E-state index < -0.39 is 31.0 Å². The Balaban J connectivity index is 3.68. The number of rotatable bonds is 8. The number of aliphatic hydroxyl groups is 5. The zero-order chi connectivity index (χ0) is 11.8. The van der Waals surface area contributed by atoms with E-state index in [-0.39, 0.29) is 6.42 Å². The lowest BCUT2D eigenvalue weighted by Crippen LogP contribution is -2.32. The van der Waals surface area contributed by atoms with Gasteiger partial charge in [0.2, 0.25) is 0 Å². The van der Waals surface area contributed by atoms with E-state index >= 15 is 0 Å². The minimum atomic E-state index is -1.21. The second-order valence-corrected chi connectivity index (χ2v) is 3.85. The van der Waals surface area contributed by atoms with Crippen LogP contribution in [0.2, 0.25) is 0 Å². The molecule has 5 nitrogen and oxygen atoms in total. The van der Waals surface area contributed by atoms with E-state index in [9.17, 15) is 15.3 Å². The second-order valence-electron chi connectivity index (χ2n) is 3.85. The normalized spacial score (nSPS) is 19.6. The minimum absolute atomic E-state index is 0.0121. The van der Waals surface area contributed by atoms with E-state index in [1.54, 1.807) is 0 Å². The van der Waals surface area contributed by atoms with Crippen molar-refractivity contribution in [3.63, 3.8) is 0 Å². The van der Waals surface area contributed by atoms with E-state index in [4.69, 9.17) is 10.2 Å². The Morgan fingerprint density at radius 3 is 1.87 bits per heavy atom. The van der Waals surface area contributed by atoms with E-state index in [0.717, 1.165) is 0 Å². The molecule has 0 aliphatic carbocycles. The van der Waals surface area contributed by atoms with Gasteiger partial charge in [-0.25, -0.2) is 0 Å². The summed E-state index contributed by atoms with van der Waals surface area (Å²) in [6.45, 7) is 1.33. The topological polar surface area (TPSA) is 101 Å². The van der Waals surface area contributed by atoms with Gasteiger partial charge < -0.3 is 25.5 Å². The first-order chi connectivity index (χ1) is 7.01. The summed E-state index contributed by atoms with van der Waals surface area (Å²) in [5.41, 5.74) is 0. The smallest absolute Gasteiger partial charge is 0.103 e. The highest BCUT2D eigenvalue weighted by atomic mass is 16.4. The molecule has 92 valence electrons. The van der Waals surface area contributed by atoms with Gasteiger partial charge in [0.1, 0.15) is 6.10 Å². The molecule has 5 N–H and O–H groups in total. The molecule has 0 saturated carbocycles. The van der Waals surface area contributed by atoms with Gasteiger partial charge in [0.25, 0.3) is 0 Å². The van der Waals surface area contributed by atoms with Crippen LogP contribution in [-0.2, 0) is 0 Å². The summed E-state index contributed by atoms with van der Waals surface area (Å²) in [5, 5.41) is 45.5. The maximum Gasteiger partial charge on any atom is 0.103 e. The Kier molecular flexibility index (Phi) is 7.90. The molecule has 5 heteroatoms. The number of hydrogen-bond acceptors (Lipinski definition) is 5. The lowest BCUT2D eigenvalue weighted by Gasteiger charge is -2.19. The van der Waals surface area contributed by atoms with E-state index in [2.05, 4.69) is 0 Å². The van der Waals surface area contributed by atoms with Gasteiger partial charge in [-0.1, -0.05) is 6.92 Å². The second kappa shape index (κ2) is 8.01. The SMILES string of the molecule is CCC(O)CCC(O)CC(O)C(O)CO. The number of aliphatic hydroxyl groups excluding tert-OH is 5. The summed E-state index contributed by atoms with van der Waals surface area (Å²) in [6.07, 6.45) is -2.03. The minimum Gasteiger partial charge on any atom is -0.394 e. The predicted octanol–water partition coefficient (Wildman–Crippen LogP) is -0.997. The fourth-order valence-electron chi connectivity index (χ4n) is 1.26. The van der Waals surface area contributed by atoms with Crippen molar-refractivity contribution in [2.45, 2.75) is 57.0 Å². The van der Waals surface area contributed by atoms with Gasteiger partial charge in [-0.05, 0) is 19.3 Å². The highest BCUT2D eigenvalue weighted by Crippen LogP contribution is 2.10. The molecule has 0 rings (SSSR count). The molecule has 0 saturated heterocycles. The van der Waals surface area contributed by atoms with Crippen LogP contribution in [0, 0.1) is 0 Å². The maximum absolute atomic E-state index is 9.44. The van der Waals surface area contributed by atoms with Crippen LogP contribution < -0.4 is 0 Å². The molecule has 0 aliphatic heterocycles. The Labute approximate surface area is 90.0 Å². The van der Waals surface area contributed by atoms with Gasteiger partial charge in [0.15, 0.2) is 0 Å². The Morgan fingerprint density at radius 1 is 0.867 bits per heavy atom. The van der Waals surface area contributed by atoms with Gasteiger partial charge in [0.05, 0.1) is 24.9 Å². The van der Waals surface area contributed by atoms with E-state index in [1.807, 2.05) is 6.92 Å². The first-order valence-corrected chi connectivity index (χ1v) is 5.34. The first-order valence-electron chi connectivity index (χ1n) is 5.34. The third kappa shape index (κ3) is 6.81. The van der Waals surface area contributed by atoms with Gasteiger partial charge in [0, 0.05) is 6.42 Å². The molecule has 0 aromatic heterocycles. The summed E-state index contributed by atoms with van der Waals surface area (Å²) in [6, 6.07) is 0. The Hall–Kier alpha value is -0.200. The molecule has 15 heavy (non-hydrogen) atoms. The standard InChI is InChI=1S/C10H22O5/c1-2-7(12)3-4-8(13)5-9(14)10(15)6-11/h7-15H,2-6H2,1H3. The summed E-state index contributed by atoms with van der Waals surface area (Å²) < 4.78 is 0. The van der Waals surface area contributed by atoms with Gasteiger partial charge >= 0.3 is 0 Å². The zero-order valence-electron chi connectivity index (χ0n) is 9.08. The summed E-state index contributed by atoms with van der Waals surface area (Å²) in [7, 11) is 0. The monoisotopic (exact) mass is 222 g/mol. The fourth-order valence-corrected chi connectivity index (χ4v) is 1.26. The average Bonchev–Trinajstić information content (AvgIpc) is 2.24. The molecule has 0 fully saturated rings. The van der Waals surface area contributed by atoms with Crippen molar-refractivity contribution in [3.8, 4) is 0 Å². The van der Waals surface area contributed by atoms with Crippen molar-refractivity contribution in [3.05, 3.63) is 0 Å². The summed E-state index contributed by atoms with van der Waals surface area (Å²) in [5.74, 6) is 0. The lowest BCUT2D eigenvalue weighted by molar-refractivity contribution is -0.0387. The summed E-state index contributed by atoms with van der Waals surface area (Å²) >= 11 is 0. The highest BCUT2D eigenvalue weighted by Gasteiger charge is 2.19. The van der Waals surface area contributed by atoms with Crippen molar-refractivity contribution in [2.24, 2.45) is 0 Å². The molecule has 0 aliphatic rings. The molecular weight excluding hydrogens is 200 g/mol. The van der Waals surface area contributed by atoms with Crippen LogP contribution in [-0.4, -0.2) is 56.6 Å². The van der Waals surface area contributed by atoms with Crippen LogP contribution in [0.25, 0.3) is 0 Å². The Morgan fingerprint density at radius 2 is 1.40 bits per heavy atom. The van der Waals surface area contributed by atoms with Gasteiger partial charge in [-0.2, -0.15) is 0 Å². The van der Waals surface area contributed by atoms with Crippen LogP contribution in [0.3, 0.4) is 0 Å². The maximum atomic E-state index is 9.44. The first kappa shape index (κ1) is 14.8.